The van der Waals surface area contributed by atoms with Crippen LogP contribution in [0.1, 0.15) is 12.0 Å². The molecule has 1 aromatic carbocycles. The second kappa shape index (κ2) is 12.3. The van der Waals surface area contributed by atoms with Gasteiger partial charge in [0, 0.05) is 26.7 Å². The maximum absolute atomic E-state index is 13.4. The summed E-state index contributed by atoms with van der Waals surface area (Å²) in [6.07, 6.45) is -3.37. The molecular formula is C15H22F4IN3O. The van der Waals surface area contributed by atoms with Crippen LogP contribution in [0.3, 0.4) is 0 Å². The number of alkyl halides is 3. The van der Waals surface area contributed by atoms with E-state index < -0.39 is 12.8 Å². The number of hydrogen-bond acceptors (Lipinski definition) is 2. The number of guanidine groups is 1. The Hall–Kier alpha value is -1.10. The second-order valence-electron chi connectivity index (χ2n) is 4.79. The van der Waals surface area contributed by atoms with Crippen LogP contribution in [0.2, 0.25) is 0 Å². The molecule has 1 rings (SSSR count). The number of aliphatic imine (C=N–C) groups is 1. The lowest BCUT2D eigenvalue weighted by Gasteiger charge is -2.12. The van der Waals surface area contributed by atoms with Crippen molar-refractivity contribution in [3.8, 4) is 0 Å². The number of nitrogens with zero attached hydrogens (tertiary/aromatic N) is 1. The zero-order valence-electron chi connectivity index (χ0n) is 13.3. The van der Waals surface area contributed by atoms with Crippen molar-refractivity contribution >= 4 is 29.9 Å². The number of benzene rings is 1. The SMILES string of the molecule is CN=C(NCCCOCC(F)(F)F)NCCc1ccccc1F.I. The van der Waals surface area contributed by atoms with Gasteiger partial charge in [0.05, 0.1) is 0 Å². The molecule has 0 bridgehead atoms. The fourth-order valence-corrected chi connectivity index (χ4v) is 1.81. The van der Waals surface area contributed by atoms with Gasteiger partial charge in [-0.2, -0.15) is 13.2 Å². The van der Waals surface area contributed by atoms with Crippen molar-refractivity contribution < 1.29 is 22.3 Å². The lowest BCUT2D eigenvalue weighted by Crippen LogP contribution is -2.39. The summed E-state index contributed by atoms with van der Waals surface area (Å²) in [5.41, 5.74) is 0.607. The summed E-state index contributed by atoms with van der Waals surface area (Å²) >= 11 is 0. The smallest absolute Gasteiger partial charge is 0.372 e. The molecule has 0 saturated carbocycles. The Kier molecular flexibility index (Phi) is 11.7. The van der Waals surface area contributed by atoms with Gasteiger partial charge in [0.2, 0.25) is 0 Å². The third kappa shape index (κ3) is 10.6. The number of nitrogens with one attached hydrogen (secondary N) is 2. The molecule has 0 spiro atoms. The summed E-state index contributed by atoms with van der Waals surface area (Å²) in [6.45, 7) is -0.302. The molecule has 0 radical (unpaired) electrons. The van der Waals surface area contributed by atoms with Gasteiger partial charge in [0.15, 0.2) is 5.96 Å². The van der Waals surface area contributed by atoms with Crippen molar-refractivity contribution in [1.82, 2.24) is 10.6 Å². The molecule has 0 aliphatic heterocycles. The first-order valence-electron chi connectivity index (χ1n) is 7.25. The molecule has 0 saturated heterocycles. The molecule has 0 fully saturated rings. The Morgan fingerprint density at radius 2 is 1.83 bits per heavy atom. The van der Waals surface area contributed by atoms with Crippen molar-refractivity contribution in [2.24, 2.45) is 4.99 Å². The van der Waals surface area contributed by atoms with Gasteiger partial charge in [-0.25, -0.2) is 4.39 Å². The lowest BCUT2D eigenvalue weighted by atomic mass is 10.1. The van der Waals surface area contributed by atoms with Crippen LogP contribution in [0.15, 0.2) is 29.3 Å². The number of ether oxygens (including phenoxy) is 1. The minimum atomic E-state index is -4.29. The summed E-state index contributed by atoms with van der Waals surface area (Å²) in [6, 6.07) is 6.52. The highest BCUT2D eigenvalue weighted by Crippen LogP contribution is 2.14. The molecule has 0 aliphatic rings. The molecular weight excluding hydrogens is 441 g/mol. The zero-order valence-corrected chi connectivity index (χ0v) is 15.7. The van der Waals surface area contributed by atoms with Crippen molar-refractivity contribution in [2.45, 2.75) is 19.0 Å². The molecule has 1 aromatic rings. The molecule has 0 aromatic heterocycles. The quantitative estimate of drug-likeness (QED) is 0.205. The molecule has 0 atom stereocenters. The van der Waals surface area contributed by atoms with E-state index in [2.05, 4.69) is 20.4 Å². The van der Waals surface area contributed by atoms with E-state index in [0.717, 1.165) is 0 Å². The minimum Gasteiger partial charge on any atom is -0.372 e. The Morgan fingerprint density at radius 1 is 1.17 bits per heavy atom. The topological polar surface area (TPSA) is 45.7 Å². The van der Waals surface area contributed by atoms with E-state index in [4.69, 9.17) is 0 Å². The summed E-state index contributed by atoms with van der Waals surface area (Å²) in [4.78, 5) is 3.98. The Morgan fingerprint density at radius 3 is 2.46 bits per heavy atom. The van der Waals surface area contributed by atoms with E-state index in [1.165, 1.54) is 6.07 Å². The predicted octanol–water partition coefficient (Wildman–Crippen LogP) is 3.12. The lowest BCUT2D eigenvalue weighted by molar-refractivity contribution is -0.173. The van der Waals surface area contributed by atoms with Gasteiger partial charge in [-0.15, -0.1) is 24.0 Å². The third-order valence-electron chi connectivity index (χ3n) is 2.89. The average Bonchev–Trinajstić information content (AvgIpc) is 2.49. The first-order chi connectivity index (χ1) is 10.9. The molecule has 0 amide bonds. The van der Waals surface area contributed by atoms with Crippen LogP contribution in [0.5, 0.6) is 0 Å². The second-order valence-corrected chi connectivity index (χ2v) is 4.79. The monoisotopic (exact) mass is 463 g/mol. The largest absolute Gasteiger partial charge is 0.411 e. The third-order valence-corrected chi connectivity index (χ3v) is 2.89. The van der Waals surface area contributed by atoms with Crippen molar-refractivity contribution in [3.63, 3.8) is 0 Å². The highest BCUT2D eigenvalue weighted by molar-refractivity contribution is 14.0. The van der Waals surface area contributed by atoms with Crippen molar-refractivity contribution in [2.75, 3.05) is 33.4 Å². The number of rotatable bonds is 8. The van der Waals surface area contributed by atoms with Crippen LogP contribution in [0.25, 0.3) is 0 Å². The number of hydrogen-bond donors (Lipinski definition) is 2. The van der Waals surface area contributed by atoms with Crippen LogP contribution in [0.4, 0.5) is 17.6 Å². The molecule has 9 heteroatoms. The van der Waals surface area contributed by atoms with E-state index in [1.807, 2.05) is 0 Å². The molecule has 0 aliphatic carbocycles. The van der Waals surface area contributed by atoms with E-state index in [9.17, 15) is 17.6 Å². The van der Waals surface area contributed by atoms with Gasteiger partial charge in [-0.05, 0) is 24.5 Å². The maximum Gasteiger partial charge on any atom is 0.411 e. The predicted molar refractivity (Wildman–Crippen MR) is 96.4 cm³/mol. The van der Waals surface area contributed by atoms with Crippen LogP contribution in [-0.4, -0.2) is 45.5 Å². The van der Waals surface area contributed by atoms with Gasteiger partial charge in [-0.3, -0.25) is 4.99 Å². The summed E-state index contributed by atoms with van der Waals surface area (Å²) in [7, 11) is 1.58. The first kappa shape index (κ1) is 22.9. The van der Waals surface area contributed by atoms with Crippen molar-refractivity contribution in [1.29, 1.82) is 0 Å². The highest BCUT2D eigenvalue weighted by Gasteiger charge is 2.27. The van der Waals surface area contributed by atoms with Crippen LogP contribution in [-0.2, 0) is 11.2 Å². The summed E-state index contributed by atoms with van der Waals surface area (Å²) < 4.78 is 53.5. The van der Waals surface area contributed by atoms with E-state index in [0.29, 0.717) is 37.5 Å². The van der Waals surface area contributed by atoms with Gasteiger partial charge < -0.3 is 15.4 Å². The normalized spacial score (nSPS) is 11.8. The van der Waals surface area contributed by atoms with E-state index in [1.54, 1.807) is 25.2 Å². The average molecular weight is 463 g/mol. The van der Waals surface area contributed by atoms with Gasteiger partial charge >= 0.3 is 6.18 Å². The molecule has 24 heavy (non-hydrogen) atoms. The minimum absolute atomic E-state index is 0. The highest BCUT2D eigenvalue weighted by atomic mass is 127. The summed E-state index contributed by atoms with van der Waals surface area (Å²) in [5, 5.41) is 5.96. The fourth-order valence-electron chi connectivity index (χ4n) is 1.81. The summed E-state index contributed by atoms with van der Waals surface area (Å²) in [5.74, 6) is 0.260. The number of halogens is 5. The maximum atomic E-state index is 13.4. The van der Waals surface area contributed by atoms with Gasteiger partial charge in [0.1, 0.15) is 12.4 Å². The molecule has 0 heterocycles. The van der Waals surface area contributed by atoms with Crippen LogP contribution < -0.4 is 10.6 Å². The van der Waals surface area contributed by atoms with Gasteiger partial charge in [0.25, 0.3) is 0 Å². The van der Waals surface area contributed by atoms with Crippen LogP contribution >= 0.6 is 24.0 Å². The standard InChI is InChI=1S/C15H21F4N3O.HI/c1-20-14(21-8-4-10-23-11-15(17,18)19)22-9-7-12-5-2-3-6-13(12)16;/h2-3,5-6H,4,7-11H2,1H3,(H2,20,21,22);1H. The van der Waals surface area contributed by atoms with E-state index >= 15 is 0 Å². The zero-order chi connectivity index (χ0) is 17.1. The van der Waals surface area contributed by atoms with Crippen molar-refractivity contribution in [3.05, 3.63) is 35.6 Å². The Labute approximate surface area is 156 Å². The molecule has 138 valence electrons. The Bertz CT molecular complexity index is 498. The fraction of sp³-hybridized carbons (Fsp3) is 0.533. The first-order valence-corrected chi connectivity index (χ1v) is 7.25. The van der Waals surface area contributed by atoms with Crippen LogP contribution in [0, 0.1) is 5.82 Å². The molecule has 2 N–H and O–H groups in total. The molecule has 0 unspecified atom stereocenters. The molecule has 4 nitrogen and oxygen atoms in total. The Balaban J connectivity index is 0.00000529. The van der Waals surface area contributed by atoms with E-state index in [-0.39, 0.29) is 36.4 Å². The van der Waals surface area contributed by atoms with Gasteiger partial charge in [-0.1, -0.05) is 18.2 Å².